The van der Waals surface area contributed by atoms with Crippen LogP contribution >= 0.6 is 0 Å². The second-order valence-electron chi connectivity index (χ2n) is 7.54. The third-order valence-electron chi connectivity index (χ3n) is 5.35. The van der Waals surface area contributed by atoms with Crippen LogP contribution in [0.25, 0.3) is 11.0 Å². The van der Waals surface area contributed by atoms with Crippen LogP contribution in [0.1, 0.15) is 45.5 Å². The van der Waals surface area contributed by atoms with Crippen molar-refractivity contribution in [2.45, 2.75) is 24.9 Å². The molecule has 2 N–H and O–H groups in total. The van der Waals surface area contributed by atoms with E-state index in [9.17, 15) is 27.6 Å². The molecule has 168 valence electrons. The van der Waals surface area contributed by atoms with Crippen LogP contribution in [-0.2, 0) is 0 Å². The van der Waals surface area contributed by atoms with Crippen molar-refractivity contribution in [2.75, 3.05) is 19.6 Å². The molecule has 1 saturated heterocycles. The van der Waals surface area contributed by atoms with Crippen LogP contribution in [0.4, 0.5) is 13.2 Å². The topological polar surface area (TPSA) is 108 Å². The lowest BCUT2D eigenvalue weighted by Gasteiger charge is -2.31. The minimum absolute atomic E-state index is 0.0303. The summed E-state index contributed by atoms with van der Waals surface area (Å²) in [6, 6.07) is 9.30. The minimum atomic E-state index is -4.50. The van der Waals surface area contributed by atoms with Crippen molar-refractivity contribution in [1.29, 1.82) is 0 Å². The first-order valence-electron chi connectivity index (χ1n) is 9.94. The van der Waals surface area contributed by atoms with E-state index >= 15 is 0 Å². The van der Waals surface area contributed by atoms with E-state index in [1.54, 1.807) is 34.5 Å². The van der Waals surface area contributed by atoms with Crippen molar-refractivity contribution in [3.63, 3.8) is 0 Å². The predicted molar refractivity (Wildman–Crippen MR) is 107 cm³/mol. The highest BCUT2D eigenvalue weighted by Gasteiger charge is 2.30. The molecule has 0 spiro atoms. The van der Waals surface area contributed by atoms with Gasteiger partial charge in [0, 0.05) is 30.8 Å². The average Bonchev–Trinajstić information content (AvgIpc) is 3.27. The van der Waals surface area contributed by atoms with Crippen LogP contribution in [0.5, 0.6) is 0 Å². The molecule has 0 unspecified atom stereocenters. The van der Waals surface area contributed by atoms with Crippen molar-refractivity contribution in [2.24, 2.45) is 0 Å². The summed E-state index contributed by atoms with van der Waals surface area (Å²) in [5.41, 5.74) is 0.540. The Morgan fingerprint density at radius 2 is 1.91 bits per heavy atom. The number of benzene rings is 1. The second-order valence-corrected chi connectivity index (χ2v) is 7.54. The first kappa shape index (κ1) is 21.6. The van der Waals surface area contributed by atoms with Crippen molar-refractivity contribution in [1.82, 2.24) is 20.4 Å². The summed E-state index contributed by atoms with van der Waals surface area (Å²) in [5, 5.41) is 8.68. The maximum Gasteiger partial charge on any atom is 0.405 e. The Hall–Kier alpha value is -3.63. The number of hydrogen-bond acceptors (Lipinski definition) is 5. The Labute approximate surface area is 179 Å². The number of para-hydroxylation sites is 1. The summed E-state index contributed by atoms with van der Waals surface area (Å²) in [6.07, 6.45) is -3.40. The molecule has 1 fully saturated rings. The number of halogens is 3. The number of aromatic nitrogens is 2. The zero-order valence-electron chi connectivity index (χ0n) is 16.7. The van der Waals surface area contributed by atoms with E-state index in [2.05, 4.69) is 10.2 Å². The number of carbonyl (C=O) groups excluding carboxylic acids is 2. The maximum absolute atomic E-state index is 12.8. The van der Waals surface area contributed by atoms with Gasteiger partial charge in [-0.1, -0.05) is 12.1 Å². The third kappa shape index (κ3) is 4.66. The van der Waals surface area contributed by atoms with Crippen LogP contribution < -0.4 is 10.7 Å². The van der Waals surface area contributed by atoms with Gasteiger partial charge in [-0.05, 0) is 31.0 Å². The molecule has 1 aliphatic rings. The standard InChI is InChI=1S/C21H19F3N4O4/c22-21(23,24)11-25-19(30)15-9-14(26-27-15)12-5-7-28(8-6-12)20(31)18-10-16(29)13-3-1-2-4-17(13)32-18/h1-4,9-10,12H,5-8,11H2,(H,25,30)(H,26,27). The molecule has 1 aliphatic heterocycles. The van der Waals surface area contributed by atoms with Gasteiger partial charge in [0.2, 0.25) is 0 Å². The highest BCUT2D eigenvalue weighted by Crippen LogP contribution is 2.28. The van der Waals surface area contributed by atoms with Crippen LogP contribution in [0.15, 0.2) is 45.6 Å². The molecule has 3 aromatic rings. The van der Waals surface area contributed by atoms with Gasteiger partial charge < -0.3 is 14.6 Å². The average molecular weight is 448 g/mol. The number of fused-ring (bicyclic) bond motifs is 1. The SMILES string of the molecule is O=C(NCC(F)(F)F)c1cc(C2CCN(C(=O)c3cc(=O)c4ccccc4o3)CC2)[nH]n1. The molecule has 0 atom stereocenters. The Bertz CT molecular complexity index is 1210. The van der Waals surface area contributed by atoms with Gasteiger partial charge in [0.25, 0.3) is 11.8 Å². The first-order chi connectivity index (χ1) is 15.2. The number of rotatable bonds is 4. The number of aromatic amines is 1. The predicted octanol–water partition coefficient (Wildman–Crippen LogP) is 2.83. The lowest BCUT2D eigenvalue weighted by atomic mass is 9.93. The Balaban J connectivity index is 1.38. The van der Waals surface area contributed by atoms with Gasteiger partial charge in [-0.15, -0.1) is 0 Å². The quantitative estimate of drug-likeness (QED) is 0.638. The molecule has 0 aliphatic carbocycles. The zero-order chi connectivity index (χ0) is 22.9. The number of hydrogen-bond donors (Lipinski definition) is 2. The van der Waals surface area contributed by atoms with Gasteiger partial charge in [-0.3, -0.25) is 19.5 Å². The fourth-order valence-corrected chi connectivity index (χ4v) is 3.69. The highest BCUT2D eigenvalue weighted by molar-refractivity contribution is 5.93. The number of piperidine rings is 1. The zero-order valence-corrected chi connectivity index (χ0v) is 16.7. The third-order valence-corrected chi connectivity index (χ3v) is 5.35. The summed E-state index contributed by atoms with van der Waals surface area (Å²) < 4.78 is 42.4. The number of alkyl halides is 3. The van der Waals surface area contributed by atoms with E-state index < -0.39 is 18.6 Å². The van der Waals surface area contributed by atoms with E-state index in [0.29, 0.717) is 42.6 Å². The monoisotopic (exact) mass is 448 g/mol. The second kappa shape index (κ2) is 8.48. The van der Waals surface area contributed by atoms with E-state index in [4.69, 9.17) is 4.42 Å². The van der Waals surface area contributed by atoms with E-state index in [1.165, 1.54) is 12.1 Å². The van der Waals surface area contributed by atoms with Gasteiger partial charge in [0.05, 0.1) is 5.39 Å². The molecule has 8 nitrogen and oxygen atoms in total. The number of amides is 2. The normalized spacial score (nSPS) is 15.2. The number of likely N-dealkylation sites (tertiary alicyclic amines) is 1. The number of carbonyl (C=O) groups is 2. The van der Waals surface area contributed by atoms with Crippen LogP contribution in [0.3, 0.4) is 0 Å². The largest absolute Gasteiger partial charge is 0.451 e. The van der Waals surface area contributed by atoms with Crippen LogP contribution in [-0.4, -0.2) is 52.7 Å². The minimum Gasteiger partial charge on any atom is -0.451 e. The molecule has 1 aromatic carbocycles. The van der Waals surface area contributed by atoms with Gasteiger partial charge >= 0.3 is 6.18 Å². The number of nitrogens with zero attached hydrogens (tertiary/aromatic N) is 2. The van der Waals surface area contributed by atoms with Gasteiger partial charge in [0.1, 0.15) is 17.8 Å². The van der Waals surface area contributed by atoms with Gasteiger partial charge in [-0.25, -0.2) is 0 Å². The molecule has 0 saturated carbocycles. The highest BCUT2D eigenvalue weighted by atomic mass is 19.4. The Morgan fingerprint density at radius 3 is 2.62 bits per heavy atom. The Kier molecular flexibility index (Phi) is 5.72. The fraction of sp³-hybridized carbons (Fsp3) is 0.333. The summed E-state index contributed by atoms with van der Waals surface area (Å²) in [6.45, 7) is -0.664. The molecule has 3 heterocycles. The number of nitrogens with one attached hydrogen (secondary N) is 2. The van der Waals surface area contributed by atoms with Gasteiger partial charge in [0.15, 0.2) is 11.2 Å². The van der Waals surface area contributed by atoms with Crippen LogP contribution in [0, 0.1) is 0 Å². The lowest BCUT2D eigenvalue weighted by molar-refractivity contribution is -0.123. The molecule has 11 heteroatoms. The molecule has 2 amide bonds. The van der Waals surface area contributed by atoms with E-state index in [-0.39, 0.29) is 28.7 Å². The maximum atomic E-state index is 12.8. The molecule has 0 radical (unpaired) electrons. The van der Waals surface area contributed by atoms with Crippen molar-refractivity contribution >= 4 is 22.8 Å². The van der Waals surface area contributed by atoms with E-state index in [1.807, 2.05) is 0 Å². The molecule has 32 heavy (non-hydrogen) atoms. The smallest absolute Gasteiger partial charge is 0.405 e. The molecule has 2 aromatic heterocycles. The Morgan fingerprint density at radius 1 is 1.19 bits per heavy atom. The molecular weight excluding hydrogens is 429 g/mol. The fourth-order valence-electron chi connectivity index (χ4n) is 3.69. The molecular formula is C21H19F3N4O4. The summed E-state index contributed by atoms with van der Waals surface area (Å²) >= 11 is 0. The molecule has 0 bridgehead atoms. The summed E-state index contributed by atoms with van der Waals surface area (Å²) in [7, 11) is 0. The summed E-state index contributed by atoms with van der Waals surface area (Å²) in [5.74, 6) is -1.37. The van der Waals surface area contributed by atoms with Crippen LogP contribution in [0.2, 0.25) is 0 Å². The van der Waals surface area contributed by atoms with Crippen molar-refractivity contribution in [3.8, 4) is 0 Å². The summed E-state index contributed by atoms with van der Waals surface area (Å²) in [4.78, 5) is 38.5. The molecule has 4 rings (SSSR count). The first-order valence-corrected chi connectivity index (χ1v) is 9.94. The van der Waals surface area contributed by atoms with Crippen molar-refractivity contribution in [3.05, 3.63) is 63.8 Å². The van der Waals surface area contributed by atoms with Gasteiger partial charge in [-0.2, -0.15) is 18.3 Å². The van der Waals surface area contributed by atoms with Crippen molar-refractivity contribution < 1.29 is 27.2 Å². The number of H-pyrrole nitrogens is 1. The van der Waals surface area contributed by atoms with E-state index in [0.717, 1.165) is 0 Å². The lowest BCUT2D eigenvalue weighted by Crippen LogP contribution is -2.38.